The minimum absolute atomic E-state index is 0.00950. The lowest BCUT2D eigenvalue weighted by molar-refractivity contribution is 0.179. The third kappa shape index (κ3) is 3.08. The number of rotatable bonds is 4. The van der Waals surface area contributed by atoms with Crippen LogP contribution in [0.3, 0.4) is 0 Å². The zero-order valence-electron chi connectivity index (χ0n) is 15.1. The number of urea groups is 1. The smallest absolute Gasteiger partial charge is 0.317 e. The maximum atomic E-state index is 13.2. The monoisotopic (exact) mass is 356 g/mol. The summed E-state index contributed by atoms with van der Waals surface area (Å²) in [6, 6.07) is 6.83. The lowest BCUT2D eigenvalue weighted by atomic mass is 9.64. The molecule has 2 fully saturated rings. The summed E-state index contributed by atoms with van der Waals surface area (Å²) >= 11 is 0. The van der Waals surface area contributed by atoms with Crippen LogP contribution in [0.5, 0.6) is 0 Å². The zero-order valence-corrected chi connectivity index (χ0v) is 15.1. The van der Waals surface area contributed by atoms with Crippen molar-refractivity contribution >= 4 is 6.03 Å². The van der Waals surface area contributed by atoms with E-state index in [1.807, 2.05) is 36.5 Å². The van der Waals surface area contributed by atoms with E-state index in [1.54, 1.807) is 4.68 Å². The number of aromatic nitrogens is 2. The number of carbonyl (C=O) groups is 1. The first kappa shape index (κ1) is 17.1. The molecule has 26 heavy (non-hydrogen) atoms. The number of nitrogens with one attached hydrogen (secondary N) is 1. The van der Waals surface area contributed by atoms with Crippen molar-refractivity contribution in [3.63, 3.8) is 0 Å². The van der Waals surface area contributed by atoms with Crippen LogP contribution in [0, 0.1) is 5.82 Å². The number of hydrogen-bond acceptors (Lipinski definition) is 2. The van der Waals surface area contributed by atoms with Crippen LogP contribution in [0.1, 0.15) is 49.3 Å². The van der Waals surface area contributed by atoms with Crippen LogP contribution in [0.4, 0.5) is 9.18 Å². The molecule has 1 atom stereocenters. The molecule has 1 aromatic carbocycles. The van der Waals surface area contributed by atoms with Gasteiger partial charge in [0, 0.05) is 37.3 Å². The largest absolute Gasteiger partial charge is 0.337 e. The Morgan fingerprint density at radius 1 is 1.31 bits per heavy atom. The Labute approximate surface area is 153 Å². The summed E-state index contributed by atoms with van der Waals surface area (Å²) < 4.78 is 15.0. The molecular weight excluding hydrogens is 331 g/mol. The second-order valence-corrected chi connectivity index (χ2v) is 7.60. The van der Waals surface area contributed by atoms with Crippen molar-refractivity contribution in [3.05, 3.63) is 53.6 Å². The van der Waals surface area contributed by atoms with E-state index < -0.39 is 0 Å². The quantitative estimate of drug-likeness (QED) is 0.911. The van der Waals surface area contributed by atoms with Crippen LogP contribution in [0.2, 0.25) is 0 Å². The first-order chi connectivity index (χ1) is 12.6. The van der Waals surface area contributed by atoms with Crippen molar-refractivity contribution in [2.24, 2.45) is 7.05 Å². The Kier molecular flexibility index (Phi) is 4.42. The van der Waals surface area contributed by atoms with Gasteiger partial charge in [-0.25, -0.2) is 9.18 Å². The molecule has 1 aromatic heterocycles. The van der Waals surface area contributed by atoms with E-state index in [-0.39, 0.29) is 23.3 Å². The van der Waals surface area contributed by atoms with Gasteiger partial charge in [0.05, 0.1) is 12.2 Å². The fourth-order valence-electron chi connectivity index (χ4n) is 4.29. The van der Waals surface area contributed by atoms with Crippen molar-refractivity contribution in [1.29, 1.82) is 0 Å². The zero-order chi connectivity index (χ0) is 18.1. The molecule has 5 nitrogen and oxygen atoms in total. The Morgan fingerprint density at radius 3 is 2.69 bits per heavy atom. The van der Waals surface area contributed by atoms with E-state index >= 15 is 0 Å². The molecule has 6 heteroatoms. The molecule has 1 aliphatic carbocycles. The fourth-order valence-corrected chi connectivity index (χ4v) is 4.29. The lowest BCUT2D eigenvalue weighted by Gasteiger charge is -2.43. The number of carbonyl (C=O) groups excluding carboxylic acids is 1. The van der Waals surface area contributed by atoms with Crippen LogP contribution in [0.15, 0.2) is 36.7 Å². The molecule has 2 aliphatic rings. The van der Waals surface area contributed by atoms with E-state index in [4.69, 9.17) is 0 Å². The van der Waals surface area contributed by atoms with Gasteiger partial charge in [0.1, 0.15) is 5.82 Å². The molecule has 1 saturated heterocycles. The van der Waals surface area contributed by atoms with Gasteiger partial charge in [-0.15, -0.1) is 0 Å². The molecule has 2 aromatic rings. The summed E-state index contributed by atoms with van der Waals surface area (Å²) in [6.45, 7) is 1.38. The standard InChI is InChI=1S/C20H25FN4O/c1-24-13-15(12-23-24)18-4-2-11-25(18)19(26)22-14-20(9-3-10-20)16-5-7-17(21)8-6-16/h5-8,12-13,18H,2-4,9-11,14H2,1H3,(H,22,26). The minimum Gasteiger partial charge on any atom is -0.337 e. The van der Waals surface area contributed by atoms with Crippen molar-refractivity contribution < 1.29 is 9.18 Å². The third-order valence-corrected chi connectivity index (χ3v) is 5.97. The highest BCUT2D eigenvalue weighted by molar-refractivity contribution is 5.75. The maximum absolute atomic E-state index is 13.2. The first-order valence-electron chi connectivity index (χ1n) is 9.36. The predicted molar refractivity (Wildman–Crippen MR) is 97.2 cm³/mol. The van der Waals surface area contributed by atoms with Crippen LogP contribution in [0.25, 0.3) is 0 Å². The second-order valence-electron chi connectivity index (χ2n) is 7.60. The average molecular weight is 356 g/mol. The number of aryl methyl sites for hydroxylation is 1. The normalized spacial score (nSPS) is 21.5. The third-order valence-electron chi connectivity index (χ3n) is 5.97. The van der Waals surface area contributed by atoms with Gasteiger partial charge in [0.2, 0.25) is 0 Å². The van der Waals surface area contributed by atoms with Gasteiger partial charge >= 0.3 is 6.03 Å². The highest BCUT2D eigenvalue weighted by Gasteiger charge is 2.40. The molecule has 0 bridgehead atoms. The van der Waals surface area contributed by atoms with E-state index in [1.165, 1.54) is 12.1 Å². The summed E-state index contributed by atoms with van der Waals surface area (Å²) in [5, 5.41) is 7.39. The summed E-state index contributed by atoms with van der Waals surface area (Å²) in [7, 11) is 1.89. The van der Waals surface area contributed by atoms with Gasteiger partial charge in [-0.1, -0.05) is 18.6 Å². The van der Waals surface area contributed by atoms with Crippen molar-refractivity contribution in [1.82, 2.24) is 20.0 Å². The van der Waals surface area contributed by atoms with Gasteiger partial charge < -0.3 is 10.2 Å². The predicted octanol–water partition coefficient (Wildman–Crippen LogP) is 3.53. The molecule has 138 valence electrons. The topological polar surface area (TPSA) is 50.2 Å². The molecule has 0 radical (unpaired) electrons. The highest BCUT2D eigenvalue weighted by Crippen LogP contribution is 2.43. The summed E-state index contributed by atoms with van der Waals surface area (Å²) in [4.78, 5) is 14.8. The highest BCUT2D eigenvalue weighted by atomic mass is 19.1. The van der Waals surface area contributed by atoms with Crippen LogP contribution >= 0.6 is 0 Å². The molecule has 1 N–H and O–H groups in total. The number of nitrogens with zero attached hydrogens (tertiary/aromatic N) is 3. The molecule has 1 aliphatic heterocycles. The maximum Gasteiger partial charge on any atom is 0.317 e. The SMILES string of the molecule is Cn1cc(C2CCCN2C(=O)NCC2(c3ccc(F)cc3)CCC2)cn1. The van der Waals surface area contributed by atoms with Crippen LogP contribution in [-0.4, -0.2) is 33.8 Å². The lowest BCUT2D eigenvalue weighted by Crippen LogP contribution is -2.49. The van der Waals surface area contributed by atoms with Crippen LogP contribution < -0.4 is 5.32 Å². The Morgan fingerprint density at radius 2 is 2.08 bits per heavy atom. The van der Waals surface area contributed by atoms with Crippen molar-refractivity contribution in [3.8, 4) is 0 Å². The van der Waals surface area contributed by atoms with E-state index in [2.05, 4.69) is 10.4 Å². The number of amides is 2. The second kappa shape index (κ2) is 6.74. The molecule has 2 amide bonds. The number of likely N-dealkylation sites (tertiary alicyclic amines) is 1. The minimum atomic E-state index is -0.219. The number of benzene rings is 1. The van der Waals surface area contributed by atoms with Gasteiger partial charge in [-0.2, -0.15) is 5.10 Å². The first-order valence-corrected chi connectivity index (χ1v) is 9.36. The van der Waals surface area contributed by atoms with Crippen LogP contribution in [-0.2, 0) is 12.5 Å². The Hall–Kier alpha value is -2.37. The summed E-state index contributed by atoms with van der Waals surface area (Å²) in [5.74, 6) is -0.219. The van der Waals surface area contributed by atoms with Gasteiger partial charge in [-0.3, -0.25) is 4.68 Å². The van der Waals surface area contributed by atoms with Crippen molar-refractivity contribution in [2.75, 3.05) is 13.1 Å². The Balaban J connectivity index is 1.43. The summed E-state index contributed by atoms with van der Waals surface area (Å²) in [6.07, 6.45) is 9.04. The summed E-state index contributed by atoms with van der Waals surface area (Å²) in [5.41, 5.74) is 2.17. The molecule has 0 spiro atoms. The fraction of sp³-hybridized carbons (Fsp3) is 0.500. The molecule has 2 heterocycles. The molecule has 1 unspecified atom stereocenters. The number of halogens is 1. The average Bonchev–Trinajstić information content (AvgIpc) is 3.23. The van der Waals surface area contributed by atoms with Gasteiger partial charge in [0.15, 0.2) is 0 Å². The van der Waals surface area contributed by atoms with Crippen molar-refractivity contribution in [2.45, 2.75) is 43.6 Å². The molecule has 4 rings (SSSR count). The van der Waals surface area contributed by atoms with E-state index in [0.717, 1.165) is 49.8 Å². The van der Waals surface area contributed by atoms with Gasteiger partial charge in [0.25, 0.3) is 0 Å². The van der Waals surface area contributed by atoms with Gasteiger partial charge in [-0.05, 0) is 43.4 Å². The van der Waals surface area contributed by atoms with E-state index in [0.29, 0.717) is 6.54 Å². The van der Waals surface area contributed by atoms with E-state index in [9.17, 15) is 9.18 Å². The molecular formula is C20H25FN4O. The Bertz CT molecular complexity index is 781. The number of hydrogen-bond donors (Lipinski definition) is 1. The molecule has 1 saturated carbocycles.